The molecular formula is C7H13N3S2. The summed E-state index contributed by atoms with van der Waals surface area (Å²) in [6.07, 6.45) is 0. The van der Waals surface area contributed by atoms with Crippen LogP contribution in [0.2, 0.25) is 0 Å². The average molecular weight is 203 g/mol. The van der Waals surface area contributed by atoms with Gasteiger partial charge in [-0.1, -0.05) is 18.3 Å². The van der Waals surface area contributed by atoms with Gasteiger partial charge < -0.3 is 5.32 Å². The van der Waals surface area contributed by atoms with E-state index in [-0.39, 0.29) is 0 Å². The molecule has 0 radical (unpaired) electrons. The maximum Gasteiger partial charge on any atom is 0.133 e. The second kappa shape index (κ2) is 4.67. The number of nitrogens with one attached hydrogen (secondary N) is 1. The summed E-state index contributed by atoms with van der Waals surface area (Å²) in [6.45, 7) is 4.37. The van der Waals surface area contributed by atoms with Crippen LogP contribution in [0, 0.1) is 0 Å². The Hall–Kier alpha value is -0.290. The van der Waals surface area contributed by atoms with Crippen LogP contribution in [0.3, 0.4) is 0 Å². The predicted octanol–water partition coefficient (Wildman–Crippen LogP) is 2.22. The van der Waals surface area contributed by atoms with Crippen LogP contribution in [0.15, 0.2) is 0 Å². The zero-order chi connectivity index (χ0) is 8.97. The molecule has 0 spiro atoms. The molecule has 1 aromatic rings. The number of hydrogen-bond acceptors (Lipinski definition) is 5. The van der Waals surface area contributed by atoms with Crippen molar-refractivity contribution < 1.29 is 0 Å². The van der Waals surface area contributed by atoms with Gasteiger partial charge in [-0.15, -0.1) is 5.10 Å². The molecule has 0 bridgehead atoms. The van der Waals surface area contributed by atoms with Crippen LogP contribution in [0.25, 0.3) is 0 Å². The summed E-state index contributed by atoms with van der Waals surface area (Å²) in [6, 6.07) is 0. The Morgan fingerprint density at radius 2 is 2.33 bits per heavy atom. The fourth-order valence-electron chi connectivity index (χ4n) is 0.739. The number of thioether (sulfide) groups is 1. The van der Waals surface area contributed by atoms with Crippen molar-refractivity contribution in [2.75, 3.05) is 12.4 Å². The van der Waals surface area contributed by atoms with Gasteiger partial charge in [-0.05, 0) is 5.25 Å². The molecule has 0 aliphatic rings. The fourth-order valence-corrected chi connectivity index (χ4v) is 2.05. The van der Waals surface area contributed by atoms with Gasteiger partial charge >= 0.3 is 0 Å². The van der Waals surface area contributed by atoms with Crippen molar-refractivity contribution in [2.45, 2.75) is 24.9 Å². The van der Waals surface area contributed by atoms with Gasteiger partial charge in [-0.25, -0.2) is 0 Å². The van der Waals surface area contributed by atoms with Crippen LogP contribution in [0.4, 0.5) is 5.00 Å². The maximum absolute atomic E-state index is 4.04. The van der Waals surface area contributed by atoms with E-state index in [1.165, 1.54) is 11.5 Å². The largest absolute Gasteiger partial charge is 0.377 e. The van der Waals surface area contributed by atoms with Crippen molar-refractivity contribution >= 4 is 28.3 Å². The fraction of sp³-hybridized carbons (Fsp3) is 0.714. The van der Waals surface area contributed by atoms with E-state index in [0.29, 0.717) is 5.25 Å². The van der Waals surface area contributed by atoms with Gasteiger partial charge in [-0.3, -0.25) is 0 Å². The summed E-state index contributed by atoms with van der Waals surface area (Å²) in [7, 11) is 1.90. The Bertz CT molecular complexity index is 234. The summed E-state index contributed by atoms with van der Waals surface area (Å²) in [4.78, 5) is 0. The second-order valence-corrected chi connectivity index (χ2v) is 4.98. The molecule has 0 amide bonds. The number of rotatable bonds is 4. The Kier molecular flexibility index (Phi) is 3.81. The Morgan fingerprint density at radius 1 is 1.58 bits per heavy atom. The van der Waals surface area contributed by atoms with Crippen LogP contribution >= 0.6 is 23.3 Å². The minimum absolute atomic E-state index is 0.649. The Morgan fingerprint density at radius 3 is 2.92 bits per heavy atom. The lowest BCUT2D eigenvalue weighted by molar-refractivity contribution is 1.06. The first-order chi connectivity index (χ1) is 5.74. The van der Waals surface area contributed by atoms with Gasteiger partial charge in [0.15, 0.2) is 0 Å². The molecule has 1 aromatic heterocycles. The van der Waals surface area contributed by atoms with Crippen molar-refractivity contribution in [1.29, 1.82) is 0 Å². The minimum Gasteiger partial charge on any atom is -0.377 e. The van der Waals surface area contributed by atoms with E-state index in [0.717, 1.165) is 16.4 Å². The lowest BCUT2D eigenvalue weighted by Crippen LogP contribution is -1.93. The van der Waals surface area contributed by atoms with Crippen molar-refractivity contribution in [3.8, 4) is 0 Å². The van der Waals surface area contributed by atoms with Gasteiger partial charge in [0.2, 0.25) is 0 Å². The van der Waals surface area contributed by atoms with Crippen molar-refractivity contribution in [3.05, 3.63) is 5.69 Å². The van der Waals surface area contributed by atoms with Crippen LogP contribution in [-0.4, -0.2) is 21.9 Å². The minimum atomic E-state index is 0.649. The highest BCUT2D eigenvalue weighted by Crippen LogP contribution is 2.23. The Balaban J connectivity index is 2.50. The third-order valence-electron chi connectivity index (χ3n) is 1.34. The van der Waals surface area contributed by atoms with E-state index in [4.69, 9.17) is 0 Å². The standard InChI is InChI=1S/C7H13N3S2/c1-5(2)11-4-6-7(8-3)12-10-9-6/h5,8H,4H2,1-3H3. The van der Waals surface area contributed by atoms with E-state index in [9.17, 15) is 0 Å². The van der Waals surface area contributed by atoms with E-state index >= 15 is 0 Å². The van der Waals surface area contributed by atoms with Gasteiger partial charge in [0, 0.05) is 24.3 Å². The van der Waals surface area contributed by atoms with Crippen LogP contribution in [0.5, 0.6) is 0 Å². The van der Waals surface area contributed by atoms with E-state index in [2.05, 4.69) is 28.8 Å². The monoisotopic (exact) mass is 203 g/mol. The Labute approximate surface area is 81.1 Å². The maximum atomic E-state index is 4.04. The molecule has 0 aliphatic heterocycles. The second-order valence-electron chi connectivity index (χ2n) is 2.66. The molecule has 0 aliphatic carbocycles. The number of aromatic nitrogens is 2. The molecule has 0 atom stereocenters. The summed E-state index contributed by atoms with van der Waals surface area (Å²) in [5.41, 5.74) is 1.07. The molecule has 0 saturated carbocycles. The average Bonchev–Trinajstić information content (AvgIpc) is 2.47. The normalized spacial score (nSPS) is 10.7. The smallest absolute Gasteiger partial charge is 0.133 e. The van der Waals surface area contributed by atoms with E-state index < -0.39 is 0 Å². The predicted molar refractivity (Wildman–Crippen MR) is 55.9 cm³/mol. The van der Waals surface area contributed by atoms with Crippen molar-refractivity contribution in [3.63, 3.8) is 0 Å². The molecule has 0 saturated heterocycles. The quantitative estimate of drug-likeness (QED) is 0.814. The van der Waals surface area contributed by atoms with E-state index in [1.807, 2.05) is 18.8 Å². The zero-order valence-corrected chi connectivity index (χ0v) is 9.13. The van der Waals surface area contributed by atoms with Gasteiger partial charge in [0.05, 0.1) is 0 Å². The third kappa shape index (κ3) is 2.64. The summed E-state index contributed by atoms with van der Waals surface area (Å²) < 4.78 is 3.89. The highest BCUT2D eigenvalue weighted by molar-refractivity contribution is 7.99. The number of hydrogen-bond donors (Lipinski definition) is 1. The molecule has 12 heavy (non-hydrogen) atoms. The lowest BCUT2D eigenvalue weighted by Gasteiger charge is -2.02. The number of anilines is 1. The number of nitrogens with zero attached hydrogens (tertiary/aromatic N) is 2. The molecule has 68 valence electrons. The van der Waals surface area contributed by atoms with Crippen LogP contribution in [0.1, 0.15) is 19.5 Å². The van der Waals surface area contributed by atoms with Crippen LogP contribution < -0.4 is 5.32 Å². The zero-order valence-electron chi connectivity index (χ0n) is 7.50. The molecule has 0 unspecified atom stereocenters. The summed E-state index contributed by atoms with van der Waals surface area (Å²) in [5, 5.41) is 8.86. The van der Waals surface area contributed by atoms with Gasteiger partial charge in [0.1, 0.15) is 10.7 Å². The summed E-state index contributed by atoms with van der Waals surface area (Å²) in [5.74, 6) is 0.949. The molecule has 5 heteroatoms. The molecular weight excluding hydrogens is 190 g/mol. The molecule has 0 aromatic carbocycles. The molecule has 0 fully saturated rings. The SMILES string of the molecule is CNc1snnc1CSC(C)C. The first kappa shape index (κ1) is 9.80. The first-order valence-electron chi connectivity index (χ1n) is 3.84. The lowest BCUT2D eigenvalue weighted by atomic mass is 10.5. The molecule has 1 heterocycles. The van der Waals surface area contributed by atoms with Gasteiger partial charge in [0.25, 0.3) is 0 Å². The van der Waals surface area contributed by atoms with Crippen LogP contribution in [-0.2, 0) is 5.75 Å². The molecule has 1 N–H and O–H groups in total. The first-order valence-corrected chi connectivity index (χ1v) is 5.67. The highest BCUT2D eigenvalue weighted by atomic mass is 32.2. The highest BCUT2D eigenvalue weighted by Gasteiger charge is 2.06. The van der Waals surface area contributed by atoms with Gasteiger partial charge in [-0.2, -0.15) is 11.8 Å². The van der Waals surface area contributed by atoms with E-state index in [1.54, 1.807) is 0 Å². The van der Waals surface area contributed by atoms with Crippen molar-refractivity contribution in [2.24, 2.45) is 0 Å². The molecule has 1 rings (SSSR count). The van der Waals surface area contributed by atoms with Crippen molar-refractivity contribution in [1.82, 2.24) is 9.59 Å². The third-order valence-corrected chi connectivity index (χ3v) is 3.23. The topological polar surface area (TPSA) is 37.8 Å². The summed E-state index contributed by atoms with van der Waals surface area (Å²) >= 11 is 3.30. The molecule has 3 nitrogen and oxygen atoms in total.